The zero-order valence-corrected chi connectivity index (χ0v) is 23.6. The minimum absolute atomic E-state index is 0.0479. The highest BCUT2D eigenvalue weighted by molar-refractivity contribution is 7.88. The van der Waals surface area contributed by atoms with Crippen LogP contribution in [0.3, 0.4) is 0 Å². The van der Waals surface area contributed by atoms with Crippen molar-refractivity contribution >= 4 is 15.9 Å². The third kappa shape index (κ3) is 6.14. The van der Waals surface area contributed by atoms with Crippen molar-refractivity contribution in [3.8, 4) is 11.5 Å². The van der Waals surface area contributed by atoms with E-state index >= 15 is 0 Å². The predicted molar refractivity (Wildman–Crippen MR) is 144 cm³/mol. The fraction of sp³-hybridized carbons (Fsp3) is 0.536. The molecule has 1 amide bonds. The number of hydrogen-bond donors (Lipinski definition) is 0. The molecule has 0 aliphatic carbocycles. The van der Waals surface area contributed by atoms with Crippen molar-refractivity contribution in [3.63, 3.8) is 0 Å². The third-order valence-electron chi connectivity index (χ3n) is 7.62. The smallest absolute Gasteiger partial charge is 0.258 e. The molecule has 0 spiro atoms. The van der Waals surface area contributed by atoms with Crippen LogP contribution in [0.2, 0.25) is 0 Å². The molecular weight excluding hydrogens is 508 g/mol. The second kappa shape index (κ2) is 12.0. The molecule has 2 unspecified atom stereocenters. The lowest BCUT2D eigenvalue weighted by atomic mass is 10.0. The van der Waals surface area contributed by atoms with Gasteiger partial charge in [0.2, 0.25) is 10.0 Å². The van der Waals surface area contributed by atoms with Gasteiger partial charge in [0.05, 0.1) is 31.5 Å². The van der Waals surface area contributed by atoms with Crippen LogP contribution < -0.4 is 9.47 Å². The molecule has 2 aromatic rings. The van der Waals surface area contributed by atoms with Crippen molar-refractivity contribution in [2.75, 3.05) is 47.6 Å². The molecular formula is C28H38N2O7S. The first-order valence-electron chi connectivity index (χ1n) is 12.9. The van der Waals surface area contributed by atoms with Crippen LogP contribution in [0, 0.1) is 13.8 Å². The number of carbonyl (C=O) groups excluding carboxylic acids is 1. The van der Waals surface area contributed by atoms with E-state index in [1.807, 2.05) is 26.0 Å². The Hall–Kier alpha value is -2.66. The van der Waals surface area contributed by atoms with E-state index in [-0.39, 0.29) is 23.8 Å². The molecule has 0 bridgehead atoms. The minimum Gasteiger partial charge on any atom is -0.496 e. The molecule has 0 aromatic heterocycles. The summed E-state index contributed by atoms with van der Waals surface area (Å²) in [6, 6.07) is 10.8. The number of carbonyl (C=O) groups is 1. The molecule has 0 radical (unpaired) electrons. The van der Waals surface area contributed by atoms with Gasteiger partial charge in [0, 0.05) is 33.4 Å². The summed E-state index contributed by atoms with van der Waals surface area (Å²) in [5, 5.41) is 0. The van der Waals surface area contributed by atoms with Gasteiger partial charge in [-0.15, -0.1) is 0 Å². The number of sulfonamides is 1. The van der Waals surface area contributed by atoms with Crippen molar-refractivity contribution in [2.24, 2.45) is 0 Å². The normalized spacial score (nSPS) is 20.6. The molecule has 2 fully saturated rings. The lowest BCUT2D eigenvalue weighted by Gasteiger charge is -2.30. The standard InChI is InChI=1S/C28H38N2O7S/c1-19-9-10-24(34-4)27(20(19)2)28(31)30-16-25(35-5)26(17-30)37-23-8-6-7-21(15-23)18-38(32,33)29(3)22-11-13-36-14-12-22/h6-10,15,22,25-26H,11-14,16-18H2,1-5H3. The molecule has 2 aliphatic heterocycles. The van der Waals surface area contributed by atoms with Gasteiger partial charge in [-0.1, -0.05) is 18.2 Å². The van der Waals surface area contributed by atoms with Crippen LogP contribution in [0.25, 0.3) is 0 Å². The average Bonchev–Trinajstić information content (AvgIpc) is 3.32. The van der Waals surface area contributed by atoms with Crippen molar-refractivity contribution in [3.05, 3.63) is 58.7 Å². The fourth-order valence-electron chi connectivity index (χ4n) is 5.11. The number of methoxy groups -OCH3 is 2. The zero-order valence-electron chi connectivity index (χ0n) is 22.8. The summed E-state index contributed by atoms with van der Waals surface area (Å²) in [6.07, 6.45) is 0.656. The molecule has 2 saturated heterocycles. The summed E-state index contributed by atoms with van der Waals surface area (Å²) in [7, 11) is 1.30. The van der Waals surface area contributed by atoms with Gasteiger partial charge in [-0.25, -0.2) is 12.7 Å². The van der Waals surface area contributed by atoms with E-state index in [9.17, 15) is 13.2 Å². The van der Waals surface area contributed by atoms with Crippen molar-refractivity contribution in [1.82, 2.24) is 9.21 Å². The van der Waals surface area contributed by atoms with Crippen molar-refractivity contribution < 1.29 is 32.2 Å². The Balaban J connectivity index is 1.46. The quantitative estimate of drug-likeness (QED) is 0.477. The van der Waals surface area contributed by atoms with E-state index in [1.165, 1.54) is 4.31 Å². The summed E-state index contributed by atoms with van der Waals surface area (Å²) in [4.78, 5) is 15.2. The summed E-state index contributed by atoms with van der Waals surface area (Å²) < 4.78 is 50.4. The Morgan fingerprint density at radius 1 is 1.08 bits per heavy atom. The van der Waals surface area contributed by atoms with Gasteiger partial charge >= 0.3 is 0 Å². The van der Waals surface area contributed by atoms with Crippen molar-refractivity contribution in [1.29, 1.82) is 0 Å². The highest BCUT2D eigenvalue weighted by atomic mass is 32.2. The number of nitrogens with zero attached hydrogens (tertiary/aromatic N) is 2. The zero-order chi connectivity index (χ0) is 27.4. The molecule has 10 heteroatoms. The fourth-order valence-corrected chi connectivity index (χ4v) is 6.58. The molecule has 0 saturated carbocycles. The summed E-state index contributed by atoms with van der Waals surface area (Å²) in [5.74, 6) is 0.827. The number of rotatable bonds is 9. The van der Waals surface area contributed by atoms with Crippen LogP contribution in [0.5, 0.6) is 11.5 Å². The highest BCUT2D eigenvalue weighted by Crippen LogP contribution is 2.29. The van der Waals surface area contributed by atoms with E-state index < -0.39 is 16.1 Å². The number of amides is 1. The molecule has 4 rings (SSSR count). The maximum atomic E-state index is 13.5. The van der Waals surface area contributed by atoms with Gasteiger partial charge in [0.15, 0.2) is 0 Å². The van der Waals surface area contributed by atoms with Gasteiger partial charge in [-0.3, -0.25) is 4.79 Å². The first kappa shape index (κ1) is 28.4. The number of likely N-dealkylation sites (tertiary alicyclic amines) is 1. The first-order valence-corrected chi connectivity index (χ1v) is 14.5. The first-order chi connectivity index (χ1) is 18.1. The highest BCUT2D eigenvalue weighted by Gasteiger charge is 2.39. The predicted octanol–water partition coefficient (Wildman–Crippen LogP) is 3.17. The van der Waals surface area contributed by atoms with Gasteiger partial charge < -0.3 is 23.8 Å². The number of aryl methyl sites for hydroxylation is 1. The monoisotopic (exact) mass is 546 g/mol. The van der Waals surface area contributed by atoms with Crippen LogP contribution in [-0.2, 0) is 25.2 Å². The second-order valence-electron chi connectivity index (χ2n) is 9.99. The number of hydrogen-bond acceptors (Lipinski definition) is 7. The lowest BCUT2D eigenvalue weighted by Crippen LogP contribution is -2.41. The molecule has 208 valence electrons. The van der Waals surface area contributed by atoms with Gasteiger partial charge in [0.1, 0.15) is 23.7 Å². The third-order valence-corrected chi connectivity index (χ3v) is 9.49. The van der Waals surface area contributed by atoms with Crippen LogP contribution in [0.15, 0.2) is 36.4 Å². The Kier molecular flexibility index (Phi) is 8.97. The molecule has 0 N–H and O–H groups in total. The maximum absolute atomic E-state index is 13.5. The summed E-state index contributed by atoms with van der Waals surface area (Å²) in [5.41, 5.74) is 3.08. The molecule has 38 heavy (non-hydrogen) atoms. The molecule has 9 nitrogen and oxygen atoms in total. The SMILES string of the molecule is COc1ccc(C)c(C)c1C(=O)N1CC(OC)C(Oc2cccc(CS(=O)(=O)N(C)C3CCOCC3)c2)C1. The van der Waals surface area contributed by atoms with Gasteiger partial charge in [-0.05, 0) is 61.6 Å². The van der Waals surface area contributed by atoms with Crippen molar-refractivity contribution in [2.45, 2.75) is 50.7 Å². The van der Waals surface area contributed by atoms with Crippen LogP contribution in [-0.4, -0.2) is 89.4 Å². The molecule has 2 atom stereocenters. The van der Waals surface area contributed by atoms with E-state index in [2.05, 4.69) is 0 Å². The van der Waals surface area contributed by atoms with E-state index in [0.717, 1.165) is 11.1 Å². The second-order valence-corrected chi connectivity index (χ2v) is 12.0. The number of benzene rings is 2. The van der Waals surface area contributed by atoms with Crippen LogP contribution in [0.1, 0.15) is 39.9 Å². The topological polar surface area (TPSA) is 94.6 Å². The Labute approximate surface area is 225 Å². The molecule has 2 heterocycles. The van der Waals surface area contributed by atoms with E-state index in [1.54, 1.807) is 50.4 Å². The largest absolute Gasteiger partial charge is 0.496 e. The van der Waals surface area contributed by atoms with E-state index in [0.29, 0.717) is 61.8 Å². The Morgan fingerprint density at radius 3 is 2.47 bits per heavy atom. The van der Waals surface area contributed by atoms with E-state index in [4.69, 9.17) is 18.9 Å². The Morgan fingerprint density at radius 2 is 1.79 bits per heavy atom. The lowest BCUT2D eigenvalue weighted by molar-refractivity contribution is 0.0339. The summed E-state index contributed by atoms with van der Waals surface area (Å²) >= 11 is 0. The molecule has 2 aliphatic rings. The molecule has 2 aromatic carbocycles. The maximum Gasteiger partial charge on any atom is 0.258 e. The van der Waals surface area contributed by atoms with Crippen LogP contribution >= 0.6 is 0 Å². The van der Waals surface area contributed by atoms with Gasteiger partial charge in [0.25, 0.3) is 5.91 Å². The minimum atomic E-state index is -3.50. The Bertz CT molecular complexity index is 1240. The van der Waals surface area contributed by atoms with Crippen LogP contribution in [0.4, 0.5) is 0 Å². The summed E-state index contributed by atoms with van der Waals surface area (Å²) in [6.45, 7) is 5.75. The van der Waals surface area contributed by atoms with Gasteiger partial charge in [-0.2, -0.15) is 0 Å². The number of ether oxygens (including phenoxy) is 4. The average molecular weight is 547 g/mol.